The van der Waals surface area contributed by atoms with E-state index in [4.69, 9.17) is 11.2 Å². The first-order valence-electron chi connectivity index (χ1n) is 12.5. The molecule has 204 valence electrons. The summed E-state index contributed by atoms with van der Waals surface area (Å²) < 4.78 is 5.35. The standard InChI is InChI=1S/C29H37N3O6/c1-7-9-17-30-26(35)24(22-12-10-11-19(3)25(22)34)32(8-2)27(36)23(31-28(37)38-29(4,5)6)18-20-13-15-21(33)16-14-20/h2,10-16,23-24,33-34H,7,9,17-18H2,1,3-6H3,(H,30,35)(H,31,37). The van der Waals surface area contributed by atoms with Crippen LogP contribution in [0.2, 0.25) is 0 Å². The highest BCUT2D eigenvalue weighted by molar-refractivity contribution is 5.93. The maximum atomic E-state index is 13.9. The molecule has 2 aromatic carbocycles. The number of unbranched alkanes of at least 4 members (excludes halogenated alkanes) is 1. The summed E-state index contributed by atoms with van der Waals surface area (Å²) in [7, 11) is 0. The van der Waals surface area contributed by atoms with Crippen LogP contribution in [0.4, 0.5) is 4.79 Å². The summed E-state index contributed by atoms with van der Waals surface area (Å²) in [6.07, 6.45) is 6.51. The van der Waals surface area contributed by atoms with E-state index in [1.54, 1.807) is 52.0 Å². The van der Waals surface area contributed by atoms with Gasteiger partial charge in [-0.25, -0.2) is 4.79 Å². The van der Waals surface area contributed by atoms with E-state index in [0.29, 0.717) is 24.1 Å². The number of phenolic OH excluding ortho intramolecular Hbond substituents is 2. The number of para-hydroxylation sites is 1. The Hall–Kier alpha value is -4.19. The lowest BCUT2D eigenvalue weighted by atomic mass is 9.98. The van der Waals surface area contributed by atoms with E-state index in [9.17, 15) is 24.6 Å². The summed E-state index contributed by atoms with van der Waals surface area (Å²) in [5, 5.41) is 25.8. The summed E-state index contributed by atoms with van der Waals surface area (Å²) in [5.74, 6) is -1.43. The van der Waals surface area contributed by atoms with Gasteiger partial charge in [0.15, 0.2) is 6.04 Å². The van der Waals surface area contributed by atoms with Crippen molar-refractivity contribution in [3.05, 3.63) is 59.2 Å². The van der Waals surface area contributed by atoms with Crippen LogP contribution in [0.3, 0.4) is 0 Å². The number of terminal acetylenes is 1. The van der Waals surface area contributed by atoms with E-state index in [-0.39, 0.29) is 23.5 Å². The van der Waals surface area contributed by atoms with Crippen LogP contribution in [0.15, 0.2) is 42.5 Å². The molecule has 2 unspecified atom stereocenters. The molecule has 0 fully saturated rings. The molecule has 0 radical (unpaired) electrons. The number of phenols is 2. The first kappa shape index (κ1) is 30.0. The van der Waals surface area contributed by atoms with E-state index >= 15 is 0 Å². The average molecular weight is 524 g/mol. The average Bonchev–Trinajstić information content (AvgIpc) is 2.84. The van der Waals surface area contributed by atoms with Gasteiger partial charge in [-0.15, -0.1) is 0 Å². The quantitative estimate of drug-likeness (QED) is 0.212. The lowest BCUT2D eigenvalue weighted by Crippen LogP contribution is -2.52. The molecule has 9 heteroatoms. The van der Waals surface area contributed by atoms with Crippen LogP contribution in [0.5, 0.6) is 11.5 Å². The summed E-state index contributed by atoms with van der Waals surface area (Å²) in [6.45, 7) is 9.07. The van der Waals surface area contributed by atoms with Crippen LogP contribution in [-0.2, 0) is 20.7 Å². The van der Waals surface area contributed by atoms with E-state index in [1.807, 2.05) is 6.92 Å². The van der Waals surface area contributed by atoms with E-state index in [0.717, 1.165) is 11.3 Å². The van der Waals surface area contributed by atoms with Crippen LogP contribution in [0.25, 0.3) is 0 Å². The zero-order chi connectivity index (χ0) is 28.5. The fourth-order valence-corrected chi connectivity index (χ4v) is 3.74. The molecule has 0 spiro atoms. The van der Waals surface area contributed by atoms with Crippen molar-refractivity contribution >= 4 is 17.9 Å². The zero-order valence-corrected chi connectivity index (χ0v) is 22.6. The number of amides is 3. The molecule has 3 amide bonds. The van der Waals surface area contributed by atoms with Crippen molar-refractivity contribution in [1.29, 1.82) is 0 Å². The van der Waals surface area contributed by atoms with Crippen molar-refractivity contribution in [2.75, 3.05) is 6.54 Å². The molecule has 0 aliphatic carbocycles. The number of ether oxygens (including phenoxy) is 1. The number of nitrogens with one attached hydrogen (secondary N) is 2. The fraction of sp³-hybridized carbons (Fsp3) is 0.414. The molecule has 0 aliphatic rings. The van der Waals surface area contributed by atoms with Gasteiger partial charge in [0.1, 0.15) is 23.1 Å². The number of hydrogen-bond donors (Lipinski definition) is 4. The number of aryl methyl sites for hydroxylation is 1. The first-order valence-corrected chi connectivity index (χ1v) is 12.5. The third-order valence-corrected chi connectivity index (χ3v) is 5.64. The third-order valence-electron chi connectivity index (χ3n) is 5.64. The lowest BCUT2D eigenvalue weighted by Gasteiger charge is -2.31. The predicted molar refractivity (Wildman–Crippen MR) is 144 cm³/mol. The fourth-order valence-electron chi connectivity index (χ4n) is 3.74. The van der Waals surface area contributed by atoms with Crippen molar-refractivity contribution in [3.63, 3.8) is 0 Å². The van der Waals surface area contributed by atoms with Crippen molar-refractivity contribution in [2.24, 2.45) is 0 Å². The number of benzene rings is 2. The molecule has 0 aliphatic heterocycles. The number of aromatic hydroxyl groups is 2. The number of hydrogen-bond acceptors (Lipinski definition) is 6. The molecule has 4 N–H and O–H groups in total. The predicted octanol–water partition coefficient (Wildman–Crippen LogP) is 3.92. The highest BCUT2D eigenvalue weighted by Crippen LogP contribution is 2.32. The Morgan fingerprint density at radius 3 is 2.34 bits per heavy atom. The number of carbonyl (C=O) groups is 3. The van der Waals surface area contributed by atoms with E-state index < -0.39 is 35.6 Å². The highest BCUT2D eigenvalue weighted by Gasteiger charge is 2.37. The van der Waals surface area contributed by atoms with Crippen molar-refractivity contribution in [2.45, 2.75) is 71.6 Å². The van der Waals surface area contributed by atoms with Crippen molar-refractivity contribution in [3.8, 4) is 24.0 Å². The largest absolute Gasteiger partial charge is 0.508 e. The molecule has 0 saturated heterocycles. The maximum absolute atomic E-state index is 13.9. The second kappa shape index (κ2) is 13.4. The van der Waals surface area contributed by atoms with Crippen LogP contribution in [0, 0.1) is 19.4 Å². The summed E-state index contributed by atoms with van der Waals surface area (Å²) in [5.41, 5.74) is 0.463. The summed E-state index contributed by atoms with van der Waals surface area (Å²) in [6, 6.07) is 10.7. The van der Waals surface area contributed by atoms with Crippen LogP contribution in [0.1, 0.15) is 63.3 Å². The minimum absolute atomic E-state index is 0.000506. The Balaban J connectivity index is 2.51. The van der Waals surface area contributed by atoms with Gasteiger partial charge in [-0.3, -0.25) is 14.5 Å². The minimum atomic E-state index is -1.35. The Labute approximate surface area is 224 Å². The number of nitrogens with zero attached hydrogens (tertiary/aromatic N) is 1. The zero-order valence-electron chi connectivity index (χ0n) is 22.6. The lowest BCUT2D eigenvalue weighted by molar-refractivity contribution is -0.138. The van der Waals surface area contributed by atoms with Crippen LogP contribution in [-0.4, -0.2) is 51.2 Å². The number of rotatable bonds is 10. The molecule has 9 nitrogen and oxygen atoms in total. The molecule has 0 bridgehead atoms. The van der Waals surface area contributed by atoms with Crippen molar-refractivity contribution < 1.29 is 29.3 Å². The van der Waals surface area contributed by atoms with Gasteiger partial charge in [-0.1, -0.05) is 50.1 Å². The number of alkyl carbamates (subject to hydrolysis) is 1. The van der Waals surface area contributed by atoms with Gasteiger partial charge in [0, 0.05) is 24.6 Å². The van der Waals surface area contributed by atoms with Gasteiger partial charge in [-0.05, 0) is 57.4 Å². The molecule has 2 aromatic rings. The minimum Gasteiger partial charge on any atom is -0.508 e. The number of carbonyl (C=O) groups excluding carboxylic acids is 3. The topological polar surface area (TPSA) is 128 Å². The smallest absolute Gasteiger partial charge is 0.408 e. The van der Waals surface area contributed by atoms with Crippen molar-refractivity contribution in [1.82, 2.24) is 15.5 Å². The second-order valence-electron chi connectivity index (χ2n) is 9.97. The molecule has 0 aromatic heterocycles. The van der Waals surface area contributed by atoms with Gasteiger partial charge in [0.2, 0.25) is 5.91 Å². The van der Waals surface area contributed by atoms with Gasteiger partial charge in [0.25, 0.3) is 5.91 Å². The first-order chi connectivity index (χ1) is 17.9. The molecule has 0 saturated carbocycles. The molecule has 0 heterocycles. The summed E-state index contributed by atoms with van der Waals surface area (Å²) in [4.78, 5) is 40.8. The van der Waals surface area contributed by atoms with Gasteiger partial charge >= 0.3 is 6.09 Å². The molecule has 38 heavy (non-hydrogen) atoms. The molecular weight excluding hydrogens is 486 g/mol. The normalized spacial score (nSPS) is 12.5. The van der Waals surface area contributed by atoms with Gasteiger partial charge < -0.3 is 25.6 Å². The van der Waals surface area contributed by atoms with Crippen LogP contribution >= 0.6 is 0 Å². The molecule has 2 rings (SSSR count). The van der Waals surface area contributed by atoms with Gasteiger partial charge in [0.05, 0.1) is 0 Å². The monoisotopic (exact) mass is 523 g/mol. The highest BCUT2D eigenvalue weighted by atomic mass is 16.6. The Morgan fingerprint density at radius 2 is 1.76 bits per heavy atom. The maximum Gasteiger partial charge on any atom is 0.408 e. The SMILES string of the molecule is C#CN(C(=O)C(Cc1ccc(O)cc1)NC(=O)OC(C)(C)C)C(C(=O)NCCCC)c1cccc(C)c1O. The molecule has 2 atom stereocenters. The third kappa shape index (κ3) is 8.44. The van der Waals surface area contributed by atoms with E-state index in [2.05, 4.69) is 16.7 Å². The van der Waals surface area contributed by atoms with Gasteiger partial charge in [-0.2, -0.15) is 0 Å². The summed E-state index contributed by atoms with van der Waals surface area (Å²) >= 11 is 0. The Morgan fingerprint density at radius 1 is 1.11 bits per heavy atom. The Bertz CT molecular complexity index is 1160. The van der Waals surface area contributed by atoms with Crippen LogP contribution < -0.4 is 10.6 Å². The molecular formula is C29H37N3O6. The second-order valence-corrected chi connectivity index (χ2v) is 9.97. The Kier molecular flexibility index (Phi) is 10.6. The van der Waals surface area contributed by atoms with E-state index in [1.165, 1.54) is 18.2 Å².